The van der Waals surface area contributed by atoms with Gasteiger partial charge in [-0.15, -0.1) is 0 Å². The summed E-state index contributed by atoms with van der Waals surface area (Å²) in [7, 11) is 0. The van der Waals surface area contributed by atoms with Crippen molar-refractivity contribution in [3.8, 4) is 6.19 Å². The van der Waals surface area contributed by atoms with Crippen molar-refractivity contribution in [3.63, 3.8) is 0 Å². The van der Waals surface area contributed by atoms with Crippen LogP contribution in [0.1, 0.15) is 32.1 Å². The van der Waals surface area contributed by atoms with Crippen LogP contribution in [0.5, 0.6) is 0 Å². The molecule has 0 aliphatic heterocycles. The summed E-state index contributed by atoms with van der Waals surface area (Å²) in [6.07, 6.45) is 7.83. The van der Waals surface area contributed by atoms with Crippen LogP contribution in [0.3, 0.4) is 0 Å². The lowest BCUT2D eigenvalue weighted by Gasteiger charge is -2.23. The van der Waals surface area contributed by atoms with E-state index in [4.69, 9.17) is 17.0 Å². The zero-order valence-corrected chi connectivity index (χ0v) is 6.64. The first-order chi connectivity index (χ1) is 4.84. The quantitative estimate of drug-likeness (QED) is 0.333. The normalized spacial score (nSPS) is 20.0. The molecule has 0 bridgehead atoms. The molecule has 3 heteroatoms. The second kappa shape index (κ2) is 3.68. The summed E-state index contributed by atoms with van der Waals surface area (Å²) in [5, 5.41) is 8.43. The first kappa shape index (κ1) is 7.68. The van der Waals surface area contributed by atoms with Crippen molar-refractivity contribution in [3.05, 3.63) is 0 Å². The smallest absolute Gasteiger partial charge is 0.195 e. The van der Waals surface area contributed by atoms with Gasteiger partial charge in [0, 0.05) is 11.8 Å². The predicted octanol–water partition coefficient (Wildman–Crippen LogP) is 2.26. The molecule has 1 rings (SSSR count). The van der Waals surface area contributed by atoms with Crippen molar-refractivity contribution in [1.29, 1.82) is 5.26 Å². The van der Waals surface area contributed by atoms with Crippen molar-refractivity contribution in [1.82, 2.24) is 4.42 Å². The van der Waals surface area contributed by atoms with Gasteiger partial charge in [0.05, 0.1) is 6.04 Å². The number of nitrogens with zero attached hydrogens (tertiary/aromatic N) is 2. The van der Waals surface area contributed by atoms with Crippen LogP contribution < -0.4 is 0 Å². The zero-order valence-electron chi connectivity index (χ0n) is 5.89. The second-order valence-electron chi connectivity index (χ2n) is 2.70. The third-order valence-corrected chi connectivity index (χ3v) is 2.34. The Balaban J connectivity index is 2.33. The summed E-state index contributed by atoms with van der Waals surface area (Å²) in [6, 6.07) is 0.306. The van der Waals surface area contributed by atoms with E-state index in [1.165, 1.54) is 23.7 Å². The predicted molar refractivity (Wildman–Crippen MR) is 40.2 cm³/mol. The van der Waals surface area contributed by atoms with E-state index in [0.29, 0.717) is 6.04 Å². The van der Waals surface area contributed by atoms with Gasteiger partial charge in [-0.25, -0.2) is 4.42 Å². The lowest BCUT2D eigenvalue weighted by Crippen LogP contribution is -2.25. The summed E-state index contributed by atoms with van der Waals surface area (Å²) < 4.78 is 1.26. The van der Waals surface area contributed by atoms with Gasteiger partial charge in [-0.05, 0) is 12.8 Å². The molecule has 1 saturated carbocycles. The number of hydrogen-bond donors (Lipinski definition) is 0. The molecule has 0 aromatic heterocycles. The van der Waals surface area contributed by atoms with Gasteiger partial charge in [-0.2, -0.15) is 5.26 Å². The lowest BCUT2D eigenvalue weighted by molar-refractivity contribution is 0.324. The van der Waals surface area contributed by atoms with Crippen molar-refractivity contribution in [2.45, 2.75) is 38.1 Å². The number of rotatable bonds is 1. The zero-order chi connectivity index (χ0) is 7.40. The molecule has 0 aromatic carbocycles. The fourth-order valence-corrected chi connectivity index (χ4v) is 1.58. The molecule has 0 saturated heterocycles. The SMILES string of the molecule is N#CN(Cl)C1CCCCC1. The highest BCUT2D eigenvalue weighted by molar-refractivity contribution is 6.14. The molecule has 0 radical (unpaired) electrons. The van der Waals surface area contributed by atoms with E-state index in [-0.39, 0.29) is 0 Å². The molecule has 10 heavy (non-hydrogen) atoms. The van der Waals surface area contributed by atoms with Gasteiger partial charge < -0.3 is 0 Å². The Labute approximate surface area is 66.5 Å². The molecule has 0 aromatic rings. The topological polar surface area (TPSA) is 27.0 Å². The minimum atomic E-state index is 0.306. The summed E-state index contributed by atoms with van der Waals surface area (Å²) in [5.41, 5.74) is 0. The van der Waals surface area contributed by atoms with Crippen LogP contribution in [0, 0.1) is 11.5 Å². The molecule has 0 spiro atoms. The molecule has 0 N–H and O–H groups in total. The Morgan fingerprint density at radius 1 is 1.30 bits per heavy atom. The van der Waals surface area contributed by atoms with Gasteiger partial charge in [0.1, 0.15) is 0 Å². The Morgan fingerprint density at radius 3 is 2.40 bits per heavy atom. The monoisotopic (exact) mass is 158 g/mol. The summed E-state index contributed by atoms with van der Waals surface area (Å²) in [4.78, 5) is 0. The van der Waals surface area contributed by atoms with Crippen LogP contribution in [-0.4, -0.2) is 10.5 Å². The summed E-state index contributed by atoms with van der Waals surface area (Å²) in [6.45, 7) is 0. The first-order valence-electron chi connectivity index (χ1n) is 3.69. The summed E-state index contributed by atoms with van der Waals surface area (Å²) in [5.74, 6) is 0. The van der Waals surface area contributed by atoms with Crippen LogP contribution in [0.2, 0.25) is 0 Å². The van der Waals surface area contributed by atoms with E-state index in [1.807, 2.05) is 6.19 Å². The lowest BCUT2D eigenvalue weighted by atomic mass is 9.96. The van der Waals surface area contributed by atoms with Gasteiger partial charge in [0.15, 0.2) is 6.19 Å². The van der Waals surface area contributed by atoms with Gasteiger partial charge in [0.25, 0.3) is 0 Å². The molecule has 0 unspecified atom stereocenters. The first-order valence-corrected chi connectivity index (χ1v) is 4.03. The molecule has 1 aliphatic carbocycles. The molecule has 0 atom stereocenters. The van der Waals surface area contributed by atoms with E-state index < -0.39 is 0 Å². The van der Waals surface area contributed by atoms with Crippen molar-refractivity contribution < 1.29 is 0 Å². The fourth-order valence-electron chi connectivity index (χ4n) is 1.39. The van der Waals surface area contributed by atoms with E-state index in [9.17, 15) is 0 Å². The van der Waals surface area contributed by atoms with Crippen molar-refractivity contribution in [2.75, 3.05) is 0 Å². The number of nitriles is 1. The highest BCUT2D eigenvalue weighted by Gasteiger charge is 2.17. The van der Waals surface area contributed by atoms with Crippen LogP contribution in [0.15, 0.2) is 0 Å². The highest BCUT2D eigenvalue weighted by atomic mass is 35.5. The minimum absolute atomic E-state index is 0.306. The molecule has 0 amide bonds. The van der Waals surface area contributed by atoms with Crippen LogP contribution >= 0.6 is 11.8 Å². The van der Waals surface area contributed by atoms with Crippen LogP contribution in [0.25, 0.3) is 0 Å². The number of halogens is 1. The van der Waals surface area contributed by atoms with E-state index in [0.717, 1.165) is 12.8 Å². The average Bonchev–Trinajstić information content (AvgIpc) is 2.05. The maximum atomic E-state index is 8.43. The van der Waals surface area contributed by atoms with Gasteiger partial charge in [0.2, 0.25) is 0 Å². The fraction of sp³-hybridized carbons (Fsp3) is 0.857. The van der Waals surface area contributed by atoms with Crippen molar-refractivity contribution in [2.24, 2.45) is 0 Å². The Bertz CT molecular complexity index is 135. The molecular weight excluding hydrogens is 148 g/mol. The Kier molecular flexibility index (Phi) is 2.82. The van der Waals surface area contributed by atoms with Gasteiger partial charge in [-0.1, -0.05) is 19.3 Å². The molecule has 56 valence electrons. The highest BCUT2D eigenvalue weighted by Crippen LogP contribution is 2.22. The van der Waals surface area contributed by atoms with Crippen molar-refractivity contribution >= 4 is 11.8 Å². The molecule has 1 fully saturated rings. The third-order valence-electron chi connectivity index (χ3n) is 1.99. The summed E-state index contributed by atoms with van der Waals surface area (Å²) >= 11 is 5.62. The van der Waals surface area contributed by atoms with Crippen LogP contribution in [-0.2, 0) is 0 Å². The average molecular weight is 159 g/mol. The Hall–Kier alpha value is -0.420. The second-order valence-corrected chi connectivity index (χ2v) is 3.07. The molecule has 2 nitrogen and oxygen atoms in total. The van der Waals surface area contributed by atoms with E-state index >= 15 is 0 Å². The van der Waals surface area contributed by atoms with Crippen LogP contribution in [0.4, 0.5) is 0 Å². The van der Waals surface area contributed by atoms with E-state index in [1.54, 1.807) is 0 Å². The Morgan fingerprint density at radius 2 is 1.90 bits per heavy atom. The third kappa shape index (κ3) is 1.78. The van der Waals surface area contributed by atoms with Gasteiger partial charge >= 0.3 is 0 Å². The largest absolute Gasteiger partial charge is 0.218 e. The maximum Gasteiger partial charge on any atom is 0.195 e. The molecule has 0 heterocycles. The molecule has 1 aliphatic rings. The molecular formula is C7H11ClN2. The maximum absolute atomic E-state index is 8.43. The number of hydrogen-bond acceptors (Lipinski definition) is 2. The van der Waals surface area contributed by atoms with Gasteiger partial charge in [-0.3, -0.25) is 0 Å². The minimum Gasteiger partial charge on any atom is -0.218 e. The van der Waals surface area contributed by atoms with E-state index in [2.05, 4.69) is 0 Å². The standard InChI is InChI=1S/C7H11ClN2/c8-10(6-9)7-4-2-1-3-5-7/h7H,1-5H2.